The van der Waals surface area contributed by atoms with Crippen LogP contribution in [0.5, 0.6) is 5.75 Å². The van der Waals surface area contributed by atoms with Crippen LogP contribution in [0.2, 0.25) is 0 Å². The fourth-order valence-corrected chi connectivity index (χ4v) is 2.27. The molecule has 1 heterocycles. The minimum atomic E-state index is -0.162. The highest BCUT2D eigenvalue weighted by Crippen LogP contribution is 2.26. The summed E-state index contributed by atoms with van der Waals surface area (Å²) in [5, 5.41) is 0. The number of ether oxygens (including phenoxy) is 1. The first-order valence-corrected chi connectivity index (χ1v) is 6.77. The first-order chi connectivity index (χ1) is 9.10. The van der Waals surface area contributed by atoms with Crippen LogP contribution in [0.1, 0.15) is 23.1 Å². The summed E-state index contributed by atoms with van der Waals surface area (Å²) in [5.41, 5.74) is 8.15. The second kappa shape index (κ2) is 6.12. The largest absolute Gasteiger partial charge is 0.497 e. The average molecular weight is 322 g/mol. The summed E-state index contributed by atoms with van der Waals surface area (Å²) in [6, 6.07) is 7.55. The molecule has 5 heteroatoms. The SMILES string of the molecule is COc1ccc(Br)c(CC(N)c2ccnc(C)n2)c1. The van der Waals surface area contributed by atoms with Crippen LogP contribution in [-0.4, -0.2) is 17.1 Å². The second-order valence-electron chi connectivity index (χ2n) is 4.30. The summed E-state index contributed by atoms with van der Waals surface area (Å²) in [6.07, 6.45) is 2.42. The molecule has 0 aliphatic heterocycles. The van der Waals surface area contributed by atoms with Crippen molar-refractivity contribution in [2.45, 2.75) is 19.4 Å². The summed E-state index contributed by atoms with van der Waals surface area (Å²) in [5.74, 6) is 1.56. The van der Waals surface area contributed by atoms with Crippen molar-refractivity contribution >= 4 is 15.9 Å². The highest BCUT2D eigenvalue weighted by atomic mass is 79.9. The molecule has 4 nitrogen and oxygen atoms in total. The smallest absolute Gasteiger partial charge is 0.125 e. The maximum atomic E-state index is 6.20. The zero-order chi connectivity index (χ0) is 13.8. The van der Waals surface area contributed by atoms with E-state index in [2.05, 4.69) is 25.9 Å². The van der Waals surface area contributed by atoms with Gasteiger partial charge in [-0.3, -0.25) is 0 Å². The molecule has 0 radical (unpaired) electrons. The van der Waals surface area contributed by atoms with Crippen molar-refractivity contribution in [3.8, 4) is 5.75 Å². The molecule has 1 unspecified atom stereocenters. The van der Waals surface area contributed by atoms with E-state index in [4.69, 9.17) is 10.5 Å². The van der Waals surface area contributed by atoms with Crippen LogP contribution >= 0.6 is 15.9 Å². The molecule has 0 amide bonds. The van der Waals surface area contributed by atoms with Gasteiger partial charge in [0.15, 0.2) is 0 Å². The quantitative estimate of drug-likeness (QED) is 0.940. The molecule has 1 aromatic carbocycles. The van der Waals surface area contributed by atoms with Gasteiger partial charge >= 0.3 is 0 Å². The number of nitrogens with two attached hydrogens (primary N) is 1. The topological polar surface area (TPSA) is 61.0 Å². The van der Waals surface area contributed by atoms with Crippen LogP contribution in [0.25, 0.3) is 0 Å². The number of hydrogen-bond acceptors (Lipinski definition) is 4. The van der Waals surface area contributed by atoms with Crippen LogP contribution in [0.15, 0.2) is 34.9 Å². The van der Waals surface area contributed by atoms with Gasteiger partial charge in [0, 0.05) is 10.7 Å². The Labute approximate surface area is 121 Å². The molecule has 2 aromatic rings. The monoisotopic (exact) mass is 321 g/mol. The van der Waals surface area contributed by atoms with Crippen LogP contribution in [0.4, 0.5) is 0 Å². The van der Waals surface area contributed by atoms with Crippen molar-refractivity contribution in [3.63, 3.8) is 0 Å². The Morgan fingerprint density at radius 3 is 2.84 bits per heavy atom. The van der Waals surface area contributed by atoms with Gasteiger partial charge in [0.05, 0.1) is 18.8 Å². The number of hydrogen-bond donors (Lipinski definition) is 1. The van der Waals surface area contributed by atoms with E-state index < -0.39 is 0 Å². The fourth-order valence-electron chi connectivity index (χ4n) is 1.86. The van der Waals surface area contributed by atoms with Crippen LogP contribution in [0, 0.1) is 6.92 Å². The third kappa shape index (κ3) is 3.52. The molecule has 1 aromatic heterocycles. The summed E-state index contributed by atoms with van der Waals surface area (Å²) in [6.45, 7) is 1.86. The third-order valence-electron chi connectivity index (χ3n) is 2.87. The Bertz CT molecular complexity index is 574. The summed E-state index contributed by atoms with van der Waals surface area (Å²) in [4.78, 5) is 8.44. The molecule has 0 spiro atoms. The number of benzene rings is 1. The average Bonchev–Trinajstić information content (AvgIpc) is 2.41. The Balaban J connectivity index is 2.21. The molecule has 0 saturated heterocycles. The van der Waals surface area contributed by atoms with E-state index in [-0.39, 0.29) is 6.04 Å². The number of nitrogens with zero attached hydrogens (tertiary/aromatic N) is 2. The van der Waals surface area contributed by atoms with E-state index in [1.165, 1.54) is 0 Å². The first-order valence-electron chi connectivity index (χ1n) is 5.97. The Morgan fingerprint density at radius 1 is 1.37 bits per heavy atom. The molecule has 0 aliphatic rings. The molecular weight excluding hydrogens is 306 g/mol. The van der Waals surface area contributed by atoms with Crippen molar-refractivity contribution < 1.29 is 4.74 Å². The summed E-state index contributed by atoms with van der Waals surface area (Å²) in [7, 11) is 1.65. The Morgan fingerprint density at radius 2 is 2.16 bits per heavy atom. The summed E-state index contributed by atoms with van der Waals surface area (Å²) < 4.78 is 6.25. The van der Waals surface area contributed by atoms with Gasteiger partial charge in [0.2, 0.25) is 0 Å². The van der Waals surface area contributed by atoms with Gasteiger partial charge in [-0.05, 0) is 43.2 Å². The number of methoxy groups -OCH3 is 1. The molecule has 2 N–H and O–H groups in total. The van der Waals surface area contributed by atoms with E-state index >= 15 is 0 Å². The Hall–Kier alpha value is -1.46. The zero-order valence-electron chi connectivity index (χ0n) is 10.9. The minimum absolute atomic E-state index is 0.162. The molecule has 0 fully saturated rings. The van der Waals surface area contributed by atoms with Crippen LogP contribution in [-0.2, 0) is 6.42 Å². The Kier molecular flexibility index (Phi) is 4.50. The van der Waals surface area contributed by atoms with E-state index in [0.29, 0.717) is 6.42 Å². The minimum Gasteiger partial charge on any atom is -0.497 e. The lowest BCUT2D eigenvalue weighted by Gasteiger charge is -2.13. The molecule has 0 aliphatic carbocycles. The lowest BCUT2D eigenvalue weighted by Crippen LogP contribution is -2.16. The number of aryl methyl sites for hydroxylation is 1. The fraction of sp³-hybridized carbons (Fsp3) is 0.286. The number of rotatable bonds is 4. The van der Waals surface area contributed by atoms with Gasteiger partial charge in [-0.25, -0.2) is 9.97 Å². The molecule has 19 heavy (non-hydrogen) atoms. The van der Waals surface area contributed by atoms with Gasteiger partial charge in [0.25, 0.3) is 0 Å². The number of aromatic nitrogens is 2. The van der Waals surface area contributed by atoms with Gasteiger partial charge in [-0.2, -0.15) is 0 Å². The number of halogens is 1. The third-order valence-corrected chi connectivity index (χ3v) is 3.64. The van der Waals surface area contributed by atoms with Crippen LogP contribution < -0.4 is 10.5 Å². The highest BCUT2D eigenvalue weighted by Gasteiger charge is 2.12. The van der Waals surface area contributed by atoms with Gasteiger partial charge in [-0.1, -0.05) is 15.9 Å². The molecule has 2 rings (SSSR count). The molecule has 100 valence electrons. The predicted octanol–water partition coefficient (Wildman–Crippen LogP) is 2.80. The maximum absolute atomic E-state index is 6.20. The van der Waals surface area contributed by atoms with Crippen molar-refractivity contribution in [3.05, 3.63) is 52.0 Å². The lowest BCUT2D eigenvalue weighted by atomic mass is 10.0. The van der Waals surface area contributed by atoms with Crippen molar-refractivity contribution in [2.75, 3.05) is 7.11 Å². The maximum Gasteiger partial charge on any atom is 0.125 e. The van der Waals surface area contributed by atoms with Crippen molar-refractivity contribution in [1.82, 2.24) is 9.97 Å². The van der Waals surface area contributed by atoms with Gasteiger partial charge in [-0.15, -0.1) is 0 Å². The summed E-state index contributed by atoms with van der Waals surface area (Å²) >= 11 is 3.53. The highest BCUT2D eigenvalue weighted by molar-refractivity contribution is 9.10. The zero-order valence-corrected chi connectivity index (χ0v) is 12.5. The van der Waals surface area contributed by atoms with Crippen molar-refractivity contribution in [1.29, 1.82) is 0 Å². The van der Waals surface area contributed by atoms with E-state index in [1.807, 2.05) is 31.2 Å². The van der Waals surface area contributed by atoms with E-state index in [0.717, 1.165) is 27.3 Å². The first kappa shape index (κ1) is 14.0. The molecule has 0 bridgehead atoms. The lowest BCUT2D eigenvalue weighted by molar-refractivity contribution is 0.414. The molecule has 0 saturated carbocycles. The van der Waals surface area contributed by atoms with Crippen LogP contribution in [0.3, 0.4) is 0 Å². The van der Waals surface area contributed by atoms with E-state index in [1.54, 1.807) is 13.3 Å². The normalized spacial score (nSPS) is 12.2. The van der Waals surface area contributed by atoms with Gasteiger partial charge < -0.3 is 10.5 Å². The standard InChI is InChI=1S/C14H16BrN3O/c1-9-17-6-5-14(18-9)13(16)8-10-7-11(19-2)3-4-12(10)15/h3-7,13H,8,16H2,1-2H3. The predicted molar refractivity (Wildman–Crippen MR) is 78.1 cm³/mol. The molecule has 1 atom stereocenters. The van der Waals surface area contributed by atoms with Crippen molar-refractivity contribution in [2.24, 2.45) is 5.73 Å². The van der Waals surface area contributed by atoms with E-state index in [9.17, 15) is 0 Å². The van der Waals surface area contributed by atoms with Gasteiger partial charge in [0.1, 0.15) is 11.6 Å². The second-order valence-corrected chi connectivity index (χ2v) is 5.15. The molecular formula is C14H16BrN3O.